The van der Waals surface area contributed by atoms with E-state index in [0.717, 1.165) is 12.8 Å². The van der Waals surface area contributed by atoms with Crippen molar-refractivity contribution in [1.29, 1.82) is 0 Å². The fourth-order valence-corrected chi connectivity index (χ4v) is 2.87. The summed E-state index contributed by atoms with van der Waals surface area (Å²) >= 11 is 0. The Labute approximate surface area is 108 Å². The summed E-state index contributed by atoms with van der Waals surface area (Å²) < 4.78 is 0. The summed E-state index contributed by atoms with van der Waals surface area (Å²) in [7, 11) is 0. The molecule has 18 heavy (non-hydrogen) atoms. The van der Waals surface area contributed by atoms with E-state index in [0.29, 0.717) is 0 Å². The van der Waals surface area contributed by atoms with Crippen LogP contribution in [-0.4, -0.2) is 0 Å². The standard InChI is InChI=1S/C18H18/c1-3-13-9-17-11-15-7-5-6-8-16(15)12-18(17)10-14(13)4-2/h3-10H,11-12H2,1-2H3/b13-3-,14-4-. The molecule has 0 spiro atoms. The molecular formula is C18H18. The van der Waals surface area contributed by atoms with Crippen molar-refractivity contribution in [2.24, 2.45) is 0 Å². The van der Waals surface area contributed by atoms with Gasteiger partial charge in [0.2, 0.25) is 0 Å². The van der Waals surface area contributed by atoms with Gasteiger partial charge in [0.1, 0.15) is 0 Å². The first-order chi connectivity index (χ1) is 8.81. The Morgan fingerprint density at radius 1 is 0.722 bits per heavy atom. The summed E-state index contributed by atoms with van der Waals surface area (Å²) in [5, 5.41) is 2.71. The van der Waals surface area contributed by atoms with Crippen molar-refractivity contribution in [3.05, 3.63) is 69.1 Å². The molecule has 0 fully saturated rings. The van der Waals surface area contributed by atoms with Crippen LogP contribution >= 0.6 is 0 Å². The SMILES string of the molecule is C/C=c1/cc2c(c/c1=C/C)Cc1ccccc1C2. The molecule has 0 nitrogen and oxygen atoms in total. The van der Waals surface area contributed by atoms with E-state index in [1.54, 1.807) is 0 Å². The third kappa shape index (κ3) is 1.78. The second-order valence-electron chi connectivity index (χ2n) is 4.95. The zero-order valence-electron chi connectivity index (χ0n) is 11.0. The van der Waals surface area contributed by atoms with Crippen LogP contribution in [0.1, 0.15) is 36.1 Å². The first kappa shape index (κ1) is 11.3. The van der Waals surface area contributed by atoms with Gasteiger partial charge in [-0.3, -0.25) is 0 Å². The molecule has 3 rings (SSSR count). The van der Waals surface area contributed by atoms with Crippen LogP contribution < -0.4 is 10.4 Å². The lowest BCUT2D eigenvalue weighted by Crippen LogP contribution is -2.27. The zero-order chi connectivity index (χ0) is 12.5. The molecule has 90 valence electrons. The number of fused-ring (bicyclic) bond motifs is 2. The van der Waals surface area contributed by atoms with E-state index >= 15 is 0 Å². The van der Waals surface area contributed by atoms with Gasteiger partial charge in [0, 0.05) is 0 Å². The van der Waals surface area contributed by atoms with Gasteiger partial charge in [0.15, 0.2) is 0 Å². The van der Waals surface area contributed by atoms with Gasteiger partial charge in [-0.1, -0.05) is 48.6 Å². The molecular weight excluding hydrogens is 216 g/mol. The van der Waals surface area contributed by atoms with Crippen LogP contribution in [0.15, 0.2) is 36.4 Å². The number of hydrogen-bond donors (Lipinski definition) is 0. The first-order valence-corrected chi connectivity index (χ1v) is 6.63. The fraction of sp³-hybridized carbons (Fsp3) is 0.222. The highest BCUT2D eigenvalue weighted by Crippen LogP contribution is 2.24. The molecule has 0 N–H and O–H groups in total. The predicted molar refractivity (Wildman–Crippen MR) is 78.0 cm³/mol. The van der Waals surface area contributed by atoms with Crippen molar-refractivity contribution in [1.82, 2.24) is 0 Å². The minimum atomic E-state index is 1.08. The third-order valence-electron chi connectivity index (χ3n) is 3.91. The molecule has 0 heterocycles. The lowest BCUT2D eigenvalue weighted by atomic mass is 9.85. The molecule has 0 aromatic heterocycles. The molecule has 0 amide bonds. The number of hydrogen-bond acceptors (Lipinski definition) is 0. The molecule has 0 atom stereocenters. The molecule has 1 aliphatic carbocycles. The summed E-state index contributed by atoms with van der Waals surface area (Å²) in [5.74, 6) is 0. The average molecular weight is 234 g/mol. The Morgan fingerprint density at radius 3 is 1.56 bits per heavy atom. The van der Waals surface area contributed by atoms with Gasteiger partial charge in [-0.15, -0.1) is 0 Å². The molecule has 1 aliphatic rings. The Bertz CT molecular complexity index is 643. The summed E-state index contributed by atoms with van der Waals surface area (Å²) in [5.41, 5.74) is 5.96. The molecule has 2 aromatic carbocycles. The maximum Gasteiger partial charge on any atom is -0.00199 e. The van der Waals surface area contributed by atoms with Crippen LogP contribution in [0.5, 0.6) is 0 Å². The van der Waals surface area contributed by atoms with Crippen molar-refractivity contribution in [2.75, 3.05) is 0 Å². The maximum atomic E-state index is 2.36. The molecule has 0 radical (unpaired) electrons. The van der Waals surface area contributed by atoms with Gasteiger partial charge in [0.25, 0.3) is 0 Å². The molecule has 0 saturated carbocycles. The fourth-order valence-electron chi connectivity index (χ4n) is 2.87. The summed E-state index contributed by atoms with van der Waals surface area (Å²) in [4.78, 5) is 0. The molecule has 0 saturated heterocycles. The van der Waals surface area contributed by atoms with E-state index in [9.17, 15) is 0 Å². The quantitative estimate of drug-likeness (QED) is 0.561. The van der Waals surface area contributed by atoms with Crippen molar-refractivity contribution >= 4 is 12.2 Å². The van der Waals surface area contributed by atoms with Crippen LogP contribution in [0.3, 0.4) is 0 Å². The van der Waals surface area contributed by atoms with E-state index < -0.39 is 0 Å². The highest BCUT2D eigenvalue weighted by atomic mass is 14.2. The van der Waals surface area contributed by atoms with Crippen LogP contribution in [0, 0.1) is 0 Å². The van der Waals surface area contributed by atoms with Crippen LogP contribution in [0.2, 0.25) is 0 Å². The maximum absolute atomic E-state index is 2.36. The van der Waals surface area contributed by atoms with Gasteiger partial charge in [0.05, 0.1) is 0 Å². The second kappa shape index (κ2) is 4.45. The Kier molecular flexibility index (Phi) is 2.79. The predicted octanol–water partition coefficient (Wildman–Crippen LogP) is 2.78. The normalized spacial score (nSPS) is 15.4. The smallest absolute Gasteiger partial charge is 0.00199 e. The lowest BCUT2D eigenvalue weighted by molar-refractivity contribution is 0.994. The highest BCUT2D eigenvalue weighted by molar-refractivity contribution is 5.47. The average Bonchev–Trinajstić information content (AvgIpc) is 2.43. The van der Waals surface area contributed by atoms with Crippen molar-refractivity contribution in [2.45, 2.75) is 26.7 Å². The summed E-state index contributed by atoms with van der Waals surface area (Å²) in [6.07, 6.45) is 6.57. The zero-order valence-corrected chi connectivity index (χ0v) is 11.0. The van der Waals surface area contributed by atoms with Gasteiger partial charge in [-0.05, 0) is 59.4 Å². The second-order valence-corrected chi connectivity index (χ2v) is 4.95. The number of rotatable bonds is 0. The monoisotopic (exact) mass is 234 g/mol. The largest absolute Gasteiger partial charge is 0.0798 e. The Balaban J connectivity index is 2.20. The molecule has 2 aromatic rings. The van der Waals surface area contributed by atoms with Crippen LogP contribution in [0.4, 0.5) is 0 Å². The minimum absolute atomic E-state index is 1.08. The van der Waals surface area contributed by atoms with E-state index in [4.69, 9.17) is 0 Å². The molecule has 0 bridgehead atoms. The van der Waals surface area contributed by atoms with Gasteiger partial charge < -0.3 is 0 Å². The van der Waals surface area contributed by atoms with E-state index in [-0.39, 0.29) is 0 Å². The van der Waals surface area contributed by atoms with E-state index in [2.05, 4.69) is 62.4 Å². The van der Waals surface area contributed by atoms with Gasteiger partial charge >= 0.3 is 0 Å². The van der Waals surface area contributed by atoms with Crippen molar-refractivity contribution in [3.63, 3.8) is 0 Å². The lowest BCUT2D eigenvalue weighted by Gasteiger charge is -2.19. The summed E-state index contributed by atoms with van der Waals surface area (Å²) in [6.45, 7) is 4.23. The highest BCUT2D eigenvalue weighted by Gasteiger charge is 2.14. The van der Waals surface area contributed by atoms with Gasteiger partial charge in [-0.25, -0.2) is 0 Å². The Morgan fingerprint density at radius 2 is 1.17 bits per heavy atom. The van der Waals surface area contributed by atoms with Crippen LogP contribution in [-0.2, 0) is 12.8 Å². The minimum Gasteiger partial charge on any atom is -0.0798 e. The molecule has 0 unspecified atom stereocenters. The topological polar surface area (TPSA) is 0 Å². The van der Waals surface area contributed by atoms with Crippen molar-refractivity contribution in [3.8, 4) is 0 Å². The van der Waals surface area contributed by atoms with Gasteiger partial charge in [-0.2, -0.15) is 0 Å². The van der Waals surface area contributed by atoms with E-state index in [1.807, 2.05) is 0 Å². The molecule has 0 aliphatic heterocycles. The summed E-state index contributed by atoms with van der Waals surface area (Å²) in [6, 6.07) is 13.5. The van der Waals surface area contributed by atoms with Crippen LogP contribution in [0.25, 0.3) is 12.2 Å². The van der Waals surface area contributed by atoms with Crippen molar-refractivity contribution < 1.29 is 0 Å². The van der Waals surface area contributed by atoms with E-state index in [1.165, 1.54) is 32.7 Å². The first-order valence-electron chi connectivity index (χ1n) is 6.63. The number of benzene rings is 2. The molecule has 0 heteroatoms. The third-order valence-corrected chi connectivity index (χ3v) is 3.91. The Hall–Kier alpha value is -1.82.